The van der Waals surface area contributed by atoms with Gasteiger partial charge in [0.15, 0.2) is 0 Å². The third-order valence-corrected chi connectivity index (χ3v) is 5.26. The standard InChI is InChI=1S/C20H16N4OS/c1-22-17(25)7-5-14-10-24-20(21)18-15(11-26-19(14)18)12-4-6-16-13(9-12)3-2-8-23-16/h2-11H,1H3,(H2,21,24)(H,22,25). The fourth-order valence-corrected chi connectivity index (χ4v) is 3.99. The minimum atomic E-state index is -0.159. The highest BCUT2D eigenvalue weighted by Gasteiger charge is 2.13. The van der Waals surface area contributed by atoms with E-state index in [1.165, 1.54) is 6.08 Å². The van der Waals surface area contributed by atoms with Crippen molar-refractivity contribution in [2.75, 3.05) is 12.8 Å². The van der Waals surface area contributed by atoms with Gasteiger partial charge in [0, 0.05) is 52.1 Å². The van der Waals surface area contributed by atoms with E-state index < -0.39 is 0 Å². The second-order valence-corrected chi connectivity index (χ2v) is 6.69. The van der Waals surface area contributed by atoms with Crippen LogP contribution in [0, 0.1) is 0 Å². The second kappa shape index (κ2) is 6.57. The highest BCUT2D eigenvalue weighted by Crippen LogP contribution is 2.39. The van der Waals surface area contributed by atoms with E-state index in [4.69, 9.17) is 5.73 Å². The van der Waals surface area contributed by atoms with Crippen molar-refractivity contribution in [2.24, 2.45) is 0 Å². The number of fused-ring (bicyclic) bond motifs is 2. The molecular weight excluding hydrogens is 344 g/mol. The Balaban J connectivity index is 1.88. The SMILES string of the molecule is CNC(=O)C=Cc1cnc(N)c2c(-c3ccc4ncccc4c3)csc12. The molecule has 0 atom stereocenters. The Labute approximate surface area is 154 Å². The van der Waals surface area contributed by atoms with Gasteiger partial charge in [-0.25, -0.2) is 4.98 Å². The van der Waals surface area contributed by atoms with Crippen molar-refractivity contribution < 1.29 is 4.79 Å². The quantitative estimate of drug-likeness (QED) is 0.544. The zero-order valence-corrected chi connectivity index (χ0v) is 14.9. The first-order chi connectivity index (χ1) is 12.7. The molecule has 3 N–H and O–H groups in total. The molecule has 0 spiro atoms. The van der Waals surface area contributed by atoms with Crippen molar-refractivity contribution in [1.82, 2.24) is 15.3 Å². The first-order valence-electron chi connectivity index (χ1n) is 8.08. The molecule has 0 aliphatic heterocycles. The minimum Gasteiger partial charge on any atom is -0.383 e. The van der Waals surface area contributed by atoms with Crippen LogP contribution < -0.4 is 11.1 Å². The van der Waals surface area contributed by atoms with Gasteiger partial charge in [0.1, 0.15) is 5.82 Å². The monoisotopic (exact) mass is 360 g/mol. The van der Waals surface area contributed by atoms with Gasteiger partial charge in [-0.3, -0.25) is 9.78 Å². The van der Waals surface area contributed by atoms with Gasteiger partial charge >= 0.3 is 0 Å². The number of pyridine rings is 2. The molecule has 1 amide bonds. The molecule has 3 aromatic heterocycles. The van der Waals surface area contributed by atoms with Gasteiger partial charge in [-0.1, -0.05) is 12.1 Å². The summed E-state index contributed by atoms with van der Waals surface area (Å²) in [4.78, 5) is 20.2. The fourth-order valence-electron chi connectivity index (χ4n) is 2.91. The van der Waals surface area contributed by atoms with Crippen molar-refractivity contribution in [2.45, 2.75) is 0 Å². The lowest BCUT2D eigenvalue weighted by Crippen LogP contribution is -2.13. The number of thiophene rings is 1. The number of anilines is 1. The van der Waals surface area contributed by atoms with Crippen molar-refractivity contribution in [3.8, 4) is 11.1 Å². The average Bonchev–Trinajstić information content (AvgIpc) is 3.13. The van der Waals surface area contributed by atoms with Crippen LogP contribution in [0.3, 0.4) is 0 Å². The number of carbonyl (C=O) groups is 1. The van der Waals surface area contributed by atoms with E-state index in [0.29, 0.717) is 5.82 Å². The van der Waals surface area contributed by atoms with E-state index in [1.54, 1.807) is 36.9 Å². The Kier molecular flexibility index (Phi) is 4.10. The summed E-state index contributed by atoms with van der Waals surface area (Å²) in [5.41, 5.74) is 10.1. The van der Waals surface area contributed by atoms with Gasteiger partial charge in [0.2, 0.25) is 5.91 Å². The van der Waals surface area contributed by atoms with Gasteiger partial charge in [-0.05, 0) is 35.2 Å². The molecule has 0 unspecified atom stereocenters. The fraction of sp³-hybridized carbons (Fsp3) is 0.0500. The van der Waals surface area contributed by atoms with E-state index in [9.17, 15) is 4.79 Å². The van der Waals surface area contributed by atoms with Gasteiger partial charge in [0.05, 0.1) is 5.52 Å². The zero-order chi connectivity index (χ0) is 18.1. The van der Waals surface area contributed by atoms with Gasteiger partial charge in [-0.15, -0.1) is 11.3 Å². The number of nitrogens with one attached hydrogen (secondary N) is 1. The Morgan fingerprint density at radius 3 is 3.00 bits per heavy atom. The van der Waals surface area contributed by atoms with Gasteiger partial charge in [0.25, 0.3) is 0 Å². The molecular formula is C20H16N4OS. The number of nitrogens with two attached hydrogens (primary N) is 1. The largest absolute Gasteiger partial charge is 0.383 e. The van der Waals surface area contributed by atoms with Crippen LogP contribution in [0.2, 0.25) is 0 Å². The van der Waals surface area contributed by atoms with E-state index >= 15 is 0 Å². The molecule has 0 saturated carbocycles. The predicted octanol–water partition coefficient (Wildman–Crippen LogP) is 3.85. The van der Waals surface area contributed by atoms with Crippen LogP contribution in [0.5, 0.6) is 0 Å². The molecule has 26 heavy (non-hydrogen) atoms. The van der Waals surface area contributed by atoms with Gasteiger partial charge < -0.3 is 11.1 Å². The third kappa shape index (κ3) is 2.80. The molecule has 1 aromatic carbocycles. The normalized spacial score (nSPS) is 11.4. The number of nitrogens with zero attached hydrogens (tertiary/aromatic N) is 2. The van der Waals surface area contributed by atoms with Crippen molar-refractivity contribution in [3.05, 3.63) is 59.7 Å². The summed E-state index contributed by atoms with van der Waals surface area (Å²) in [7, 11) is 1.60. The molecule has 128 valence electrons. The molecule has 6 heteroatoms. The lowest BCUT2D eigenvalue weighted by atomic mass is 10.0. The molecule has 4 rings (SSSR count). The second-order valence-electron chi connectivity index (χ2n) is 5.81. The summed E-state index contributed by atoms with van der Waals surface area (Å²) >= 11 is 1.60. The molecule has 0 saturated heterocycles. The molecule has 0 radical (unpaired) electrons. The first-order valence-corrected chi connectivity index (χ1v) is 8.96. The average molecular weight is 360 g/mol. The van der Waals surface area contributed by atoms with Crippen LogP contribution in [-0.2, 0) is 4.79 Å². The summed E-state index contributed by atoms with van der Waals surface area (Å²) in [6.45, 7) is 0. The lowest BCUT2D eigenvalue weighted by Gasteiger charge is -2.05. The summed E-state index contributed by atoms with van der Waals surface area (Å²) in [5, 5.41) is 6.64. The Bertz CT molecular complexity index is 1160. The molecule has 0 aliphatic carbocycles. The number of amides is 1. The number of hydrogen-bond acceptors (Lipinski definition) is 5. The number of carbonyl (C=O) groups excluding carboxylic acids is 1. The molecule has 5 nitrogen and oxygen atoms in total. The zero-order valence-electron chi connectivity index (χ0n) is 14.1. The summed E-state index contributed by atoms with van der Waals surface area (Å²) in [6.07, 6.45) is 6.74. The lowest BCUT2D eigenvalue weighted by molar-refractivity contribution is -0.115. The van der Waals surface area contributed by atoms with E-state index in [0.717, 1.165) is 37.7 Å². The van der Waals surface area contributed by atoms with Crippen LogP contribution in [0.1, 0.15) is 5.56 Å². The Morgan fingerprint density at radius 2 is 2.15 bits per heavy atom. The van der Waals surface area contributed by atoms with Crippen LogP contribution in [0.15, 0.2) is 54.2 Å². The van der Waals surface area contributed by atoms with Crippen LogP contribution in [0.25, 0.3) is 38.2 Å². The molecule has 3 heterocycles. The van der Waals surface area contributed by atoms with E-state index in [2.05, 4.69) is 26.7 Å². The van der Waals surface area contributed by atoms with Crippen LogP contribution in [-0.4, -0.2) is 22.9 Å². The maximum Gasteiger partial charge on any atom is 0.243 e. The first kappa shape index (κ1) is 16.2. The molecule has 4 aromatic rings. The topological polar surface area (TPSA) is 80.9 Å². The third-order valence-electron chi connectivity index (χ3n) is 4.23. The van der Waals surface area contributed by atoms with Crippen molar-refractivity contribution in [3.63, 3.8) is 0 Å². The van der Waals surface area contributed by atoms with Gasteiger partial charge in [-0.2, -0.15) is 0 Å². The number of nitrogen functional groups attached to an aromatic ring is 1. The van der Waals surface area contributed by atoms with E-state index in [-0.39, 0.29) is 5.91 Å². The number of benzene rings is 1. The maximum absolute atomic E-state index is 11.5. The smallest absolute Gasteiger partial charge is 0.243 e. The Hall–Kier alpha value is -3.25. The number of hydrogen-bond donors (Lipinski definition) is 2. The highest BCUT2D eigenvalue weighted by molar-refractivity contribution is 7.18. The number of rotatable bonds is 3. The highest BCUT2D eigenvalue weighted by atomic mass is 32.1. The van der Waals surface area contributed by atoms with Crippen LogP contribution >= 0.6 is 11.3 Å². The number of aromatic nitrogens is 2. The predicted molar refractivity (Wildman–Crippen MR) is 108 cm³/mol. The summed E-state index contributed by atoms with van der Waals surface area (Å²) < 4.78 is 1.01. The Morgan fingerprint density at radius 1 is 1.27 bits per heavy atom. The molecule has 0 bridgehead atoms. The summed E-state index contributed by atoms with van der Waals surface area (Å²) in [6, 6.07) is 10.1. The number of likely N-dealkylation sites (N-methyl/N-ethyl adjacent to an activating group) is 1. The summed E-state index contributed by atoms with van der Waals surface area (Å²) in [5.74, 6) is 0.327. The molecule has 0 aliphatic rings. The minimum absolute atomic E-state index is 0.159. The van der Waals surface area contributed by atoms with Crippen LogP contribution in [0.4, 0.5) is 5.82 Å². The van der Waals surface area contributed by atoms with Crippen molar-refractivity contribution >= 4 is 50.1 Å². The van der Waals surface area contributed by atoms with E-state index in [1.807, 2.05) is 24.3 Å². The van der Waals surface area contributed by atoms with Crippen molar-refractivity contribution in [1.29, 1.82) is 0 Å². The molecule has 0 fully saturated rings. The maximum atomic E-state index is 11.5.